The molecule has 0 aliphatic carbocycles. The Hall–Kier alpha value is -3.13. The molecule has 0 aliphatic rings. The van der Waals surface area contributed by atoms with Crippen LogP contribution in [0.1, 0.15) is 23.1 Å². The highest BCUT2D eigenvalue weighted by Gasteiger charge is 1.99. The van der Waals surface area contributed by atoms with Crippen molar-refractivity contribution in [3.63, 3.8) is 0 Å². The number of rotatable bonds is 6. The zero-order chi connectivity index (χ0) is 17.8. The van der Waals surface area contributed by atoms with Crippen LogP contribution in [0.15, 0.2) is 86.0 Å². The average Bonchev–Trinajstić information content (AvgIpc) is 2.62. The van der Waals surface area contributed by atoms with Gasteiger partial charge >= 0.3 is 5.97 Å². The number of carboxylic acids is 1. The van der Waals surface area contributed by atoms with E-state index in [1.54, 1.807) is 6.08 Å². The van der Waals surface area contributed by atoms with Crippen molar-refractivity contribution < 1.29 is 9.90 Å². The van der Waals surface area contributed by atoms with Crippen LogP contribution in [0.4, 0.5) is 0 Å². The van der Waals surface area contributed by atoms with Gasteiger partial charge in [-0.1, -0.05) is 98.6 Å². The number of carboxylic acid groups (broad SMARTS) is 1. The molecule has 0 aromatic heterocycles. The minimum absolute atomic E-state index is 0.206. The Morgan fingerprint density at radius 1 is 0.917 bits per heavy atom. The van der Waals surface area contributed by atoms with Gasteiger partial charge in [0.05, 0.1) is 0 Å². The van der Waals surface area contributed by atoms with Crippen LogP contribution in [-0.2, 0) is 4.79 Å². The van der Waals surface area contributed by atoms with Gasteiger partial charge in [-0.25, -0.2) is 4.79 Å². The Labute approximate surface area is 143 Å². The van der Waals surface area contributed by atoms with Crippen molar-refractivity contribution in [3.05, 3.63) is 103 Å². The minimum atomic E-state index is -0.942. The molecule has 0 spiro atoms. The molecule has 2 rings (SSSR count). The fourth-order valence-electron chi connectivity index (χ4n) is 1.87. The Kier molecular flexibility index (Phi) is 8.33. The molecule has 0 unspecified atom stereocenters. The third-order valence-electron chi connectivity index (χ3n) is 3.21. The van der Waals surface area contributed by atoms with Crippen molar-refractivity contribution in [2.45, 2.75) is 6.42 Å². The molecule has 2 heteroatoms. The summed E-state index contributed by atoms with van der Waals surface area (Å²) in [5.41, 5.74) is 3.54. The van der Waals surface area contributed by atoms with E-state index in [-0.39, 0.29) is 5.57 Å². The first-order valence-corrected chi connectivity index (χ1v) is 7.55. The molecule has 1 N–H and O–H groups in total. The molecule has 0 aliphatic heterocycles. The number of hydrogen-bond donors (Lipinski definition) is 1. The molecule has 0 bridgehead atoms. The first-order valence-electron chi connectivity index (χ1n) is 7.55. The summed E-state index contributed by atoms with van der Waals surface area (Å²) in [4.78, 5) is 10.4. The van der Waals surface area contributed by atoms with E-state index in [2.05, 4.69) is 19.7 Å². The SMILES string of the molecule is C=C(CC=Cc1ccccc1)C(=O)O.C=Cc1ccccc1C=C. The molecule has 122 valence electrons. The van der Waals surface area contributed by atoms with Crippen molar-refractivity contribution in [1.29, 1.82) is 0 Å². The van der Waals surface area contributed by atoms with E-state index in [0.29, 0.717) is 6.42 Å². The van der Waals surface area contributed by atoms with Gasteiger partial charge in [-0.15, -0.1) is 0 Å². The van der Waals surface area contributed by atoms with Gasteiger partial charge in [0.15, 0.2) is 0 Å². The van der Waals surface area contributed by atoms with Crippen molar-refractivity contribution in [2.75, 3.05) is 0 Å². The molecule has 0 radical (unpaired) electrons. The van der Waals surface area contributed by atoms with E-state index < -0.39 is 5.97 Å². The quantitative estimate of drug-likeness (QED) is 0.693. The van der Waals surface area contributed by atoms with E-state index in [0.717, 1.165) is 16.7 Å². The van der Waals surface area contributed by atoms with Crippen LogP contribution in [0.2, 0.25) is 0 Å². The highest BCUT2D eigenvalue weighted by molar-refractivity contribution is 5.86. The van der Waals surface area contributed by atoms with Gasteiger partial charge in [-0.2, -0.15) is 0 Å². The van der Waals surface area contributed by atoms with Crippen molar-refractivity contribution in [1.82, 2.24) is 0 Å². The van der Waals surface area contributed by atoms with Gasteiger partial charge in [-0.3, -0.25) is 0 Å². The highest BCUT2D eigenvalue weighted by atomic mass is 16.4. The second kappa shape index (κ2) is 10.6. The molecule has 0 saturated heterocycles. The molecule has 2 aromatic carbocycles. The Bertz CT molecular complexity index is 698. The number of carbonyl (C=O) groups is 1. The lowest BCUT2D eigenvalue weighted by atomic mass is 10.1. The maximum absolute atomic E-state index is 10.4. The molecular weight excluding hydrogens is 296 g/mol. The van der Waals surface area contributed by atoms with Crippen molar-refractivity contribution in [2.24, 2.45) is 0 Å². The van der Waals surface area contributed by atoms with Gasteiger partial charge in [0.25, 0.3) is 0 Å². The third-order valence-corrected chi connectivity index (χ3v) is 3.21. The highest BCUT2D eigenvalue weighted by Crippen LogP contribution is 2.10. The van der Waals surface area contributed by atoms with E-state index in [1.807, 2.05) is 72.8 Å². The smallest absolute Gasteiger partial charge is 0.331 e. The molecule has 24 heavy (non-hydrogen) atoms. The summed E-state index contributed by atoms with van der Waals surface area (Å²) in [6.45, 7) is 10.8. The summed E-state index contributed by atoms with van der Waals surface area (Å²) in [5, 5.41) is 8.55. The molecule has 2 nitrogen and oxygen atoms in total. The zero-order valence-corrected chi connectivity index (χ0v) is 13.7. The van der Waals surface area contributed by atoms with Crippen LogP contribution in [0.5, 0.6) is 0 Å². The summed E-state index contributed by atoms with van der Waals surface area (Å²) in [6.07, 6.45) is 7.72. The van der Waals surface area contributed by atoms with Gasteiger partial charge in [-0.05, 0) is 23.1 Å². The second-order valence-electron chi connectivity index (χ2n) is 4.96. The predicted octanol–water partition coefficient (Wildman–Crippen LogP) is 5.70. The number of allylic oxidation sites excluding steroid dienone is 1. The summed E-state index contributed by atoms with van der Waals surface area (Å²) in [5.74, 6) is -0.942. The Morgan fingerprint density at radius 2 is 1.42 bits per heavy atom. The molecule has 2 aromatic rings. The van der Waals surface area contributed by atoms with Crippen LogP contribution in [0.25, 0.3) is 18.2 Å². The number of hydrogen-bond acceptors (Lipinski definition) is 1. The fraction of sp³-hybridized carbons (Fsp3) is 0.0455. The van der Waals surface area contributed by atoms with Crippen LogP contribution < -0.4 is 0 Å². The predicted molar refractivity (Wildman–Crippen MR) is 103 cm³/mol. The van der Waals surface area contributed by atoms with Crippen molar-refractivity contribution >= 4 is 24.2 Å². The largest absolute Gasteiger partial charge is 0.478 e. The second-order valence-corrected chi connectivity index (χ2v) is 4.96. The van der Waals surface area contributed by atoms with Crippen LogP contribution in [0, 0.1) is 0 Å². The molecule has 0 atom stereocenters. The van der Waals surface area contributed by atoms with Crippen molar-refractivity contribution in [3.8, 4) is 0 Å². The minimum Gasteiger partial charge on any atom is -0.478 e. The number of aliphatic carboxylic acids is 1. The summed E-state index contributed by atoms with van der Waals surface area (Å²) in [7, 11) is 0. The summed E-state index contributed by atoms with van der Waals surface area (Å²) in [6, 6.07) is 17.7. The topological polar surface area (TPSA) is 37.3 Å². The lowest BCUT2D eigenvalue weighted by Crippen LogP contribution is -1.96. The maximum atomic E-state index is 10.4. The first-order chi connectivity index (χ1) is 11.6. The Morgan fingerprint density at radius 3 is 1.88 bits per heavy atom. The van der Waals surface area contributed by atoms with E-state index in [1.165, 1.54) is 0 Å². The maximum Gasteiger partial charge on any atom is 0.331 e. The van der Waals surface area contributed by atoms with Crippen LogP contribution >= 0.6 is 0 Å². The summed E-state index contributed by atoms with van der Waals surface area (Å²) < 4.78 is 0. The van der Waals surface area contributed by atoms with E-state index in [9.17, 15) is 4.79 Å². The van der Waals surface area contributed by atoms with E-state index in [4.69, 9.17) is 5.11 Å². The summed E-state index contributed by atoms with van der Waals surface area (Å²) >= 11 is 0. The van der Waals surface area contributed by atoms with Gasteiger partial charge in [0, 0.05) is 5.57 Å². The lowest BCUT2D eigenvalue weighted by molar-refractivity contribution is -0.132. The first kappa shape index (κ1) is 18.9. The van der Waals surface area contributed by atoms with Gasteiger partial charge < -0.3 is 5.11 Å². The lowest BCUT2D eigenvalue weighted by Gasteiger charge is -1.96. The van der Waals surface area contributed by atoms with Gasteiger partial charge in [0.2, 0.25) is 0 Å². The van der Waals surface area contributed by atoms with E-state index >= 15 is 0 Å². The molecule has 0 fully saturated rings. The standard InChI is InChI=1S/C12H12O2.C10H10/c1-10(12(13)14)6-5-9-11-7-3-2-4-8-11;1-3-9-7-5-6-8-10(9)4-2/h2-5,7-9H,1,6H2,(H,13,14);3-8H,1-2H2. The molecule has 0 saturated carbocycles. The number of benzene rings is 2. The third kappa shape index (κ3) is 6.75. The normalized spacial score (nSPS) is 9.67. The molecule has 0 amide bonds. The van der Waals surface area contributed by atoms with Crippen LogP contribution in [0.3, 0.4) is 0 Å². The zero-order valence-electron chi connectivity index (χ0n) is 13.7. The Balaban J connectivity index is 0.000000254. The fourth-order valence-corrected chi connectivity index (χ4v) is 1.87. The van der Waals surface area contributed by atoms with Gasteiger partial charge in [0.1, 0.15) is 0 Å². The molecule has 0 heterocycles. The molecular formula is C22H22O2. The van der Waals surface area contributed by atoms with Crippen LogP contribution in [-0.4, -0.2) is 11.1 Å². The monoisotopic (exact) mass is 318 g/mol. The average molecular weight is 318 g/mol.